The molecule has 23 heavy (non-hydrogen) atoms. The highest BCUT2D eigenvalue weighted by molar-refractivity contribution is 5.77. The van der Waals surface area contributed by atoms with Crippen LogP contribution in [0.3, 0.4) is 0 Å². The van der Waals surface area contributed by atoms with Crippen molar-refractivity contribution in [3.8, 4) is 5.75 Å². The van der Waals surface area contributed by atoms with E-state index >= 15 is 0 Å². The molecule has 0 spiro atoms. The van der Waals surface area contributed by atoms with Crippen LogP contribution in [0.5, 0.6) is 5.75 Å². The van der Waals surface area contributed by atoms with Crippen molar-refractivity contribution in [2.75, 3.05) is 33.3 Å². The maximum atomic E-state index is 12.4. The summed E-state index contributed by atoms with van der Waals surface area (Å²) in [7, 11) is 1.61. The number of aliphatic hydroxyl groups excluding tert-OH is 1. The predicted molar refractivity (Wildman–Crippen MR) is 86.2 cm³/mol. The zero-order valence-corrected chi connectivity index (χ0v) is 13.7. The number of rotatable bonds is 4. The Morgan fingerprint density at radius 2 is 1.87 bits per heavy atom. The molecule has 1 atom stereocenters. The van der Waals surface area contributed by atoms with Gasteiger partial charge in [-0.3, -0.25) is 9.59 Å². The lowest BCUT2D eigenvalue weighted by atomic mass is 10.1. The van der Waals surface area contributed by atoms with Crippen LogP contribution in [0.2, 0.25) is 0 Å². The quantitative estimate of drug-likeness (QED) is 0.886. The highest BCUT2D eigenvalue weighted by Gasteiger charge is 2.25. The molecule has 1 aromatic rings. The van der Waals surface area contributed by atoms with Crippen molar-refractivity contribution in [2.45, 2.75) is 25.9 Å². The fourth-order valence-corrected chi connectivity index (χ4v) is 2.81. The minimum absolute atomic E-state index is 0.0136. The van der Waals surface area contributed by atoms with E-state index in [1.807, 2.05) is 24.3 Å². The number of methoxy groups -OCH3 is 1. The second-order valence-corrected chi connectivity index (χ2v) is 5.77. The number of benzene rings is 1. The van der Waals surface area contributed by atoms with Crippen LogP contribution in [0.15, 0.2) is 24.3 Å². The molecule has 1 saturated heterocycles. The Labute approximate surface area is 136 Å². The van der Waals surface area contributed by atoms with E-state index in [4.69, 9.17) is 4.74 Å². The van der Waals surface area contributed by atoms with Crippen molar-refractivity contribution in [2.24, 2.45) is 0 Å². The van der Waals surface area contributed by atoms with E-state index < -0.39 is 6.10 Å². The Balaban J connectivity index is 1.93. The number of nitrogens with zero attached hydrogens (tertiary/aromatic N) is 2. The number of β-amino-alcohol motifs (C(OH)–C–C–N with tert-alkyl or cyclic N) is 1. The Bertz CT molecular complexity index is 561. The summed E-state index contributed by atoms with van der Waals surface area (Å²) in [5.74, 6) is 0.687. The van der Waals surface area contributed by atoms with Crippen molar-refractivity contribution in [1.82, 2.24) is 9.80 Å². The molecule has 0 saturated carbocycles. The smallest absolute Gasteiger partial charge is 0.223 e. The maximum absolute atomic E-state index is 12.4. The van der Waals surface area contributed by atoms with Crippen LogP contribution in [-0.4, -0.2) is 66.1 Å². The molecule has 126 valence electrons. The molecule has 0 radical (unpaired) electrons. The lowest BCUT2D eigenvalue weighted by Gasteiger charge is -2.21. The van der Waals surface area contributed by atoms with Crippen molar-refractivity contribution >= 4 is 11.8 Å². The second-order valence-electron chi connectivity index (χ2n) is 5.77. The standard InChI is InChI=1S/C17H24N2O4/c1-13(20)18-9-10-19(12-15(21)11-18)17(22)8-7-14-5-3-4-6-16(14)23-2/h3-6,15,21H,7-12H2,1-2H3/t15-/m1/s1. The first-order valence-electron chi connectivity index (χ1n) is 7.84. The number of carbonyl (C=O) groups is 2. The lowest BCUT2D eigenvalue weighted by Crippen LogP contribution is -2.37. The summed E-state index contributed by atoms with van der Waals surface area (Å²) in [6.45, 7) is 2.96. The van der Waals surface area contributed by atoms with Gasteiger partial charge >= 0.3 is 0 Å². The van der Waals surface area contributed by atoms with Gasteiger partial charge in [-0.05, 0) is 18.1 Å². The Morgan fingerprint density at radius 3 is 2.57 bits per heavy atom. The molecular weight excluding hydrogens is 296 g/mol. The van der Waals surface area contributed by atoms with E-state index in [1.54, 1.807) is 16.9 Å². The number of carbonyl (C=O) groups excluding carboxylic acids is 2. The molecular formula is C17H24N2O4. The van der Waals surface area contributed by atoms with Crippen molar-refractivity contribution in [1.29, 1.82) is 0 Å². The zero-order valence-electron chi connectivity index (χ0n) is 13.7. The van der Waals surface area contributed by atoms with Gasteiger partial charge in [0.15, 0.2) is 0 Å². The second kappa shape index (κ2) is 7.97. The molecule has 1 aliphatic rings. The van der Waals surface area contributed by atoms with E-state index in [-0.39, 0.29) is 24.9 Å². The van der Waals surface area contributed by atoms with E-state index in [9.17, 15) is 14.7 Å². The third kappa shape index (κ3) is 4.69. The first kappa shape index (κ1) is 17.3. The van der Waals surface area contributed by atoms with Gasteiger partial charge in [-0.25, -0.2) is 0 Å². The highest BCUT2D eigenvalue weighted by atomic mass is 16.5. The van der Waals surface area contributed by atoms with E-state index in [0.29, 0.717) is 25.9 Å². The van der Waals surface area contributed by atoms with Crippen LogP contribution < -0.4 is 4.74 Å². The molecule has 2 rings (SSSR count). The van der Waals surface area contributed by atoms with Crippen molar-refractivity contribution in [3.05, 3.63) is 29.8 Å². The van der Waals surface area contributed by atoms with Crippen molar-refractivity contribution < 1.29 is 19.4 Å². The molecule has 1 aromatic carbocycles. The van der Waals surface area contributed by atoms with Gasteiger partial charge in [-0.2, -0.15) is 0 Å². The minimum Gasteiger partial charge on any atom is -0.496 e. The lowest BCUT2D eigenvalue weighted by molar-refractivity contribution is -0.132. The molecule has 1 fully saturated rings. The van der Waals surface area contributed by atoms with Crippen LogP contribution in [0.25, 0.3) is 0 Å². The highest BCUT2D eigenvalue weighted by Crippen LogP contribution is 2.19. The Hall–Kier alpha value is -2.08. The summed E-state index contributed by atoms with van der Waals surface area (Å²) in [4.78, 5) is 27.1. The fourth-order valence-electron chi connectivity index (χ4n) is 2.81. The van der Waals surface area contributed by atoms with Crippen LogP contribution in [0.1, 0.15) is 18.9 Å². The van der Waals surface area contributed by atoms with Gasteiger partial charge in [0.1, 0.15) is 5.75 Å². The normalized spacial score (nSPS) is 18.5. The van der Waals surface area contributed by atoms with E-state index in [1.165, 1.54) is 6.92 Å². The van der Waals surface area contributed by atoms with Crippen LogP contribution in [-0.2, 0) is 16.0 Å². The molecule has 0 aliphatic carbocycles. The monoisotopic (exact) mass is 320 g/mol. The molecule has 1 heterocycles. The molecule has 0 bridgehead atoms. The molecule has 6 nitrogen and oxygen atoms in total. The van der Waals surface area contributed by atoms with Gasteiger partial charge in [0.05, 0.1) is 13.2 Å². The molecule has 0 aromatic heterocycles. The first-order chi connectivity index (χ1) is 11.0. The molecule has 2 amide bonds. The number of aliphatic hydroxyl groups is 1. The van der Waals surface area contributed by atoms with Gasteiger partial charge in [-0.1, -0.05) is 18.2 Å². The summed E-state index contributed by atoms with van der Waals surface area (Å²) in [5, 5.41) is 9.99. The average molecular weight is 320 g/mol. The van der Waals surface area contributed by atoms with Gasteiger partial charge in [0.2, 0.25) is 11.8 Å². The van der Waals surface area contributed by atoms with Crippen LogP contribution >= 0.6 is 0 Å². The predicted octanol–water partition coefficient (Wildman–Crippen LogP) is 0.679. The fraction of sp³-hybridized carbons (Fsp3) is 0.529. The number of aryl methyl sites for hydroxylation is 1. The molecule has 0 unspecified atom stereocenters. The summed E-state index contributed by atoms with van der Waals surface area (Å²) in [5.41, 5.74) is 0.990. The molecule has 6 heteroatoms. The van der Waals surface area contributed by atoms with Crippen LogP contribution in [0, 0.1) is 0 Å². The Morgan fingerprint density at radius 1 is 1.22 bits per heavy atom. The average Bonchev–Trinajstić information content (AvgIpc) is 2.74. The topological polar surface area (TPSA) is 70.1 Å². The minimum atomic E-state index is -0.698. The first-order valence-corrected chi connectivity index (χ1v) is 7.84. The van der Waals surface area contributed by atoms with Crippen LogP contribution in [0.4, 0.5) is 0 Å². The summed E-state index contributed by atoms with van der Waals surface area (Å²) >= 11 is 0. The van der Waals surface area contributed by atoms with Gasteiger partial charge < -0.3 is 19.6 Å². The third-order valence-corrected chi connectivity index (χ3v) is 4.10. The van der Waals surface area contributed by atoms with Gasteiger partial charge in [-0.15, -0.1) is 0 Å². The SMILES string of the molecule is COc1ccccc1CCC(=O)N1CCN(C(C)=O)C[C@@H](O)C1. The summed E-state index contributed by atoms with van der Waals surface area (Å²) < 4.78 is 5.29. The maximum Gasteiger partial charge on any atom is 0.223 e. The summed E-state index contributed by atoms with van der Waals surface area (Å²) in [6, 6.07) is 7.63. The molecule has 1 N–H and O–H groups in total. The largest absolute Gasteiger partial charge is 0.496 e. The number of hydrogen-bond acceptors (Lipinski definition) is 4. The van der Waals surface area contributed by atoms with Gasteiger partial charge in [0.25, 0.3) is 0 Å². The van der Waals surface area contributed by atoms with Crippen molar-refractivity contribution in [3.63, 3.8) is 0 Å². The zero-order chi connectivity index (χ0) is 16.8. The number of para-hydroxylation sites is 1. The Kier molecular flexibility index (Phi) is 5.98. The number of ether oxygens (including phenoxy) is 1. The molecule has 1 aliphatic heterocycles. The van der Waals surface area contributed by atoms with E-state index in [2.05, 4.69) is 0 Å². The summed E-state index contributed by atoms with van der Waals surface area (Å²) in [6.07, 6.45) is 0.246. The number of amides is 2. The van der Waals surface area contributed by atoms with E-state index in [0.717, 1.165) is 11.3 Å². The van der Waals surface area contributed by atoms with Gasteiger partial charge in [0, 0.05) is 39.5 Å². The third-order valence-electron chi connectivity index (χ3n) is 4.10. The number of hydrogen-bond donors (Lipinski definition) is 1.